The fraction of sp³-hybridized carbons (Fsp3) is 0.125. The second-order valence-electron chi connectivity index (χ2n) is 4.73. The van der Waals surface area contributed by atoms with Crippen LogP contribution < -0.4 is 0 Å². The lowest BCUT2D eigenvalue weighted by atomic mass is 9.88. The summed E-state index contributed by atoms with van der Waals surface area (Å²) in [6.07, 6.45) is 0. The summed E-state index contributed by atoms with van der Waals surface area (Å²) in [5.74, 6) is 0. The molecule has 0 spiro atoms. The number of aliphatic hydroxyl groups is 1. The first-order chi connectivity index (χ1) is 9.09. The summed E-state index contributed by atoms with van der Waals surface area (Å²) >= 11 is 5.13. The number of benzene rings is 2. The van der Waals surface area contributed by atoms with Crippen molar-refractivity contribution in [1.82, 2.24) is 0 Å². The highest BCUT2D eigenvalue weighted by atomic mass is 79.9. The lowest BCUT2D eigenvalue weighted by molar-refractivity contribution is 0.104. The Morgan fingerprint density at radius 3 is 2.68 bits per heavy atom. The molecule has 0 aliphatic carbocycles. The predicted octanol–water partition coefficient (Wildman–Crippen LogP) is 4.92. The Morgan fingerprint density at radius 1 is 1.11 bits per heavy atom. The van der Waals surface area contributed by atoms with Gasteiger partial charge in [-0.15, -0.1) is 11.3 Å². The summed E-state index contributed by atoms with van der Waals surface area (Å²) in [5, 5.41) is 14.2. The maximum Gasteiger partial charge on any atom is 0.113 e. The van der Waals surface area contributed by atoms with E-state index in [2.05, 4.69) is 33.4 Å². The van der Waals surface area contributed by atoms with E-state index < -0.39 is 5.60 Å². The van der Waals surface area contributed by atoms with Gasteiger partial charge < -0.3 is 5.11 Å². The SMILES string of the molecule is CC(O)(c1cccc(Br)c1)c1cccc2ccsc12. The van der Waals surface area contributed by atoms with E-state index in [-0.39, 0.29) is 0 Å². The maximum atomic E-state index is 11.0. The molecule has 0 saturated carbocycles. The first-order valence-corrected chi connectivity index (χ1v) is 7.71. The largest absolute Gasteiger partial charge is 0.381 e. The van der Waals surface area contributed by atoms with Crippen molar-refractivity contribution >= 4 is 37.4 Å². The number of hydrogen-bond donors (Lipinski definition) is 1. The van der Waals surface area contributed by atoms with E-state index in [4.69, 9.17) is 0 Å². The van der Waals surface area contributed by atoms with Gasteiger partial charge >= 0.3 is 0 Å². The van der Waals surface area contributed by atoms with Gasteiger partial charge in [0.15, 0.2) is 0 Å². The fourth-order valence-corrected chi connectivity index (χ4v) is 3.74. The van der Waals surface area contributed by atoms with Gasteiger partial charge in [-0.2, -0.15) is 0 Å². The first kappa shape index (κ1) is 12.9. The van der Waals surface area contributed by atoms with Crippen molar-refractivity contribution in [1.29, 1.82) is 0 Å². The van der Waals surface area contributed by atoms with Crippen molar-refractivity contribution in [3.8, 4) is 0 Å². The number of thiophene rings is 1. The van der Waals surface area contributed by atoms with Crippen LogP contribution in [0.15, 0.2) is 58.4 Å². The van der Waals surface area contributed by atoms with Crippen LogP contribution >= 0.6 is 27.3 Å². The molecular formula is C16H13BrOS. The smallest absolute Gasteiger partial charge is 0.113 e. The van der Waals surface area contributed by atoms with Crippen molar-refractivity contribution in [2.45, 2.75) is 12.5 Å². The molecule has 0 amide bonds. The summed E-state index contributed by atoms with van der Waals surface area (Å²) in [6.45, 7) is 1.85. The summed E-state index contributed by atoms with van der Waals surface area (Å²) in [7, 11) is 0. The maximum absolute atomic E-state index is 11.0. The van der Waals surface area contributed by atoms with E-state index in [1.165, 1.54) is 5.39 Å². The van der Waals surface area contributed by atoms with E-state index in [1.54, 1.807) is 11.3 Å². The molecule has 1 N–H and O–H groups in total. The summed E-state index contributed by atoms with van der Waals surface area (Å²) in [6, 6.07) is 16.0. The minimum absolute atomic E-state index is 0.891. The predicted molar refractivity (Wildman–Crippen MR) is 84.6 cm³/mol. The normalized spacial score (nSPS) is 14.5. The van der Waals surface area contributed by atoms with Gasteiger partial charge in [-0.1, -0.05) is 46.3 Å². The minimum Gasteiger partial charge on any atom is -0.381 e. The van der Waals surface area contributed by atoms with Crippen LogP contribution in [0.4, 0.5) is 0 Å². The molecule has 0 aliphatic heterocycles. The van der Waals surface area contributed by atoms with Crippen LogP contribution in [-0.4, -0.2) is 5.11 Å². The lowest BCUT2D eigenvalue weighted by Crippen LogP contribution is -2.22. The Bertz CT molecular complexity index is 730. The van der Waals surface area contributed by atoms with Gasteiger partial charge in [0.1, 0.15) is 5.60 Å². The van der Waals surface area contributed by atoms with Gasteiger partial charge in [-0.25, -0.2) is 0 Å². The van der Waals surface area contributed by atoms with Crippen LogP contribution in [0.2, 0.25) is 0 Å². The number of fused-ring (bicyclic) bond motifs is 1. The molecule has 3 rings (SSSR count). The zero-order valence-electron chi connectivity index (χ0n) is 10.4. The molecule has 3 aromatic rings. The Hall–Kier alpha value is -1.16. The van der Waals surface area contributed by atoms with Gasteiger partial charge in [0.05, 0.1) is 0 Å². The molecule has 1 unspecified atom stereocenters. The van der Waals surface area contributed by atoms with Crippen LogP contribution in [0.25, 0.3) is 10.1 Å². The summed E-state index contributed by atoms with van der Waals surface area (Å²) in [5.41, 5.74) is 0.856. The zero-order chi connectivity index (χ0) is 13.5. The molecule has 3 heteroatoms. The highest BCUT2D eigenvalue weighted by molar-refractivity contribution is 9.10. The summed E-state index contributed by atoms with van der Waals surface area (Å²) < 4.78 is 2.12. The van der Waals surface area contributed by atoms with Crippen molar-refractivity contribution in [2.75, 3.05) is 0 Å². The molecule has 0 radical (unpaired) electrons. The molecule has 0 saturated heterocycles. The zero-order valence-corrected chi connectivity index (χ0v) is 12.8. The molecule has 1 aromatic heterocycles. The average Bonchev–Trinajstić information content (AvgIpc) is 2.86. The molecule has 1 atom stereocenters. The molecule has 0 bridgehead atoms. The lowest BCUT2D eigenvalue weighted by Gasteiger charge is -2.25. The highest BCUT2D eigenvalue weighted by Gasteiger charge is 2.27. The Morgan fingerprint density at radius 2 is 1.89 bits per heavy atom. The van der Waals surface area contributed by atoms with Crippen LogP contribution in [0, 0.1) is 0 Å². The Kier molecular flexibility index (Phi) is 3.21. The second kappa shape index (κ2) is 4.75. The monoisotopic (exact) mass is 332 g/mol. The molecule has 0 fully saturated rings. The van der Waals surface area contributed by atoms with E-state index in [1.807, 2.05) is 43.3 Å². The highest BCUT2D eigenvalue weighted by Crippen LogP contribution is 2.37. The third-order valence-electron chi connectivity index (χ3n) is 3.39. The first-order valence-electron chi connectivity index (χ1n) is 6.04. The van der Waals surface area contributed by atoms with Crippen molar-refractivity contribution in [2.24, 2.45) is 0 Å². The third kappa shape index (κ3) is 2.22. The fourth-order valence-electron chi connectivity index (χ4n) is 2.32. The average molecular weight is 333 g/mol. The Labute approximate surface area is 124 Å². The van der Waals surface area contributed by atoms with Crippen molar-refractivity contribution in [3.63, 3.8) is 0 Å². The molecule has 96 valence electrons. The van der Waals surface area contributed by atoms with Gasteiger partial charge in [0.25, 0.3) is 0 Å². The standard InChI is InChI=1S/C16H13BrOS/c1-16(18,12-5-3-6-13(17)10-12)14-7-2-4-11-8-9-19-15(11)14/h2-10,18H,1H3. The molecule has 1 heterocycles. The van der Waals surface area contributed by atoms with Crippen LogP contribution in [-0.2, 0) is 5.60 Å². The van der Waals surface area contributed by atoms with Crippen LogP contribution in [0.3, 0.4) is 0 Å². The number of rotatable bonds is 2. The van der Waals surface area contributed by atoms with Gasteiger partial charge in [0, 0.05) is 14.7 Å². The van der Waals surface area contributed by atoms with E-state index in [0.29, 0.717) is 0 Å². The number of hydrogen-bond acceptors (Lipinski definition) is 2. The Balaban J connectivity index is 2.21. The topological polar surface area (TPSA) is 20.2 Å². The summed E-state index contributed by atoms with van der Waals surface area (Å²) in [4.78, 5) is 0. The third-order valence-corrected chi connectivity index (χ3v) is 4.85. The molecular weight excluding hydrogens is 320 g/mol. The van der Waals surface area contributed by atoms with Crippen LogP contribution in [0.1, 0.15) is 18.1 Å². The second-order valence-corrected chi connectivity index (χ2v) is 6.56. The molecule has 2 aromatic carbocycles. The van der Waals surface area contributed by atoms with Crippen molar-refractivity contribution < 1.29 is 5.11 Å². The van der Waals surface area contributed by atoms with E-state index in [9.17, 15) is 5.11 Å². The molecule has 1 nitrogen and oxygen atoms in total. The van der Waals surface area contributed by atoms with Crippen LogP contribution in [0.5, 0.6) is 0 Å². The van der Waals surface area contributed by atoms with E-state index >= 15 is 0 Å². The number of halogens is 1. The van der Waals surface area contributed by atoms with Gasteiger partial charge in [-0.3, -0.25) is 0 Å². The van der Waals surface area contributed by atoms with E-state index in [0.717, 1.165) is 20.3 Å². The van der Waals surface area contributed by atoms with Gasteiger partial charge in [0.2, 0.25) is 0 Å². The minimum atomic E-state index is -0.992. The van der Waals surface area contributed by atoms with Crippen molar-refractivity contribution in [3.05, 3.63) is 69.5 Å². The van der Waals surface area contributed by atoms with Gasteiger partial charge in [-0.05, 0) is 41.5 Å². The molecule has 19 heavy (non-hydrogen) atoms. The quantitative estimate of drug-likeness (QED) is 0.706. The molecule has 0 aliphatic rings.